The summed E-state index contributed by atoms with van der Waals surface area (Å²) >= 11 is 5.99. The first-order valence-electron chi connectivity index (χ1n) is 10.6. The van der Waals surface area contributed by atoms with Crippen LogP contribution in [0.25, 0.3) is 0 Å². The number of hydrogen-bond donors (Lipinski definition) is 2. The molecule has 5 rings (SSSR count). The number of fused-ring (bicyclic) bond motifs is 2. The lowest BCUT2D eigenvalue weighted by atomic mass is 9.82. The Balaban J connectivity index is 1.32. The van der Waals surface area contributed by atoms with Crippen LogP contribution in [-0.4, -0.2) is 88.3 Å². The van der Waals surface area contributed by atoms with Crippen LogP contribution < -0.4 is 0 Å². The molecule has 3 saturated heterocycles. The number of ether oxygens (including phenoxy) is 1. The number of morpholine rings is 1. The van der Waals surface area contributed by atoms with Crippen molar-refractivity contribution < 1.29 is 19.7 Å². The lowest BCUT2D eigenvalue weighted by Gasteiger charge is -2.63. The number of halogens is 1. The molecule has 7 nitrogen and oxygen atoms in total. The molecule has 31 heavy (non-hydrogen) atoms. The Morgan fingerprint density at radius 3 is 2.61 bits per heavy atom. The molecule has 8 heteroatoms. The molecular weight excluding hydrogens is 418 g/mol. The van der Waals surface area contributed by atoms with E-state index in [0.29, 0.717) is 36.8 Å². The third-order valence-corrected chi connectivity index (χ3v) is 6.87. The SMILES string of the molecule is O=C(c1ccc(Cl)cc1)N1C[C@@H]2COCCN2C2(CN(Cc3ccc(O)c(O)c3)C2)C1. The number of nitrogens with zero attached hydrogens (tertiary/aromatic N) is 3. The van der Waals surface area contributed by atoms with E-state index in [1.54, 1.807) is 30.3 Å². The fourth-order valence-corrected chi connectivity index (χ4v) is 5.36. The number of benzene rings is 2. The molecule has 2 aromatic carbocycles. The zero-order chi connectivity index (χ0) is 21.6. The number of phenolic OH excluding ortho intramolecular Hbond substituents is 2. The lowest BCUT2D eigenvalue weighted by molar-refractivity contribution is -0.160. The molecule has 164 valence electrons. The van der Waals surface area contributed by atoms with Crippen LogP contribution in [0.2, 0.25) is 5.02 Å². The van der Waals surface area contributed by atoms with Gasteiger partial charge in [0, 0.05) is 49.9 Å². The lowest BCUT2D eigenvalue weighted by Crippen LogP contribution is -2.80. The van der Waals surface area contributed by atoms with E-state index < -0.39 is 0 Å². The van der Waals surface area contributed by atoms with Crippen molar-refractivity contribution in [3.63, 3.8) is 0 Å². The highest BCUT2D eigenvalue weighted by atomic mass is 35.5. The second-order valence-electron chi connectivity index (χ2n) is 8.81. The van der Waals surface area contributed by atoms with E-state index in [1.165, 1.54) is 6.07 Å². The van der Waals surface area contributed by atoms with Gasteiger partial charge in [-0.05, 0) is 42.0 Å². The third-order valence-electron chi connectivity index (χ3n) is 6.61. The maximum Gasteiger partial charge on any atom is 0.253 e. The highest BCUT2D eigenvalue weighted by Gasteiger charge is 2.54. The zero-order valence-electron chi connectivity index (χ0n) is 17.2. The standard InChI is InChI=1S/C23H26ClN3O4/c24-18-4-2-17(3-5-18)22(30)26-11-19-12-31-8-7-27(19)23(15-26)13-25(14-23)10-16-1-6-20(28)21(29)9-16/h1-6,9,19,28-29H,7-8,10-15H2/t19-/m1/s1. The maximum atomic E-state index is 13.2. The van der Waals surface area contributed by atoms with Crippen LogP contribution in [0.4, 0.5) is 0 Å². The monoisotopic (exact) mass is 443 g/mol. The molecule has 3 aliphatic heterocycles. The molecule has 0 aromatic heterocycles. The molecule has 1 amide bonds. The first kappa shape index (κ1) is 20.6. The number of carbonyl (C=O) groups is 1. The van der Waals surface area contributed by atoms with Crippen molar-refractivity contribution in [3.8, 4) is 11.5 Å². The molecule has 0 saturated carbocycles. The molecule has 3 heterocycles. The van der Waals surface area contributed by atoms with Crippen LogP contribution in [0.1, 0.15) is 15.9 Å². The van der Waals surface area contributed by atoms with Gasteiger partial charge in [0.1, 0.15) is 0 Å². The number of phenols is 2. The van der Waals surface area contributed by atoms with Crippen LogP contribution in [0.5, 0.6) is 11.5 Å². The number of rotatable bonds is 3. The molecule has 3 aliphatic rings. The second kappa shape index (κ2) is 7.98. The van der Waals surface area contributed by atoms with Crippen molar-refractivity contribution in [3.05, 3.63) is 58.6 Å². The first-order chi connectivity index (χ1) is 14.9. The van der Waals surface area contributed by atoms with Crippen molar-refractivity contribution in [1.29, 1.82) is 0 Å². The van der Waals surface area contributed by atoms with Gasteiger partial charge in [-0.25, -0.2) is 0 Å². The van der Waals surface area contributed by atoms with Crippen LogP contribution in [0.15, 0.2) is 42.5 Å². The smallest absolute Gasteiger partial charge is 0.253 e. The Labute approximate surface area is 186 Å². The third kappa shape index (κ3) is 3.87. The Morgan fingerprint density at radius 1 is 1.10 bits per heavy atom. The second-order valence-corrected chi connectivity index (χ2v) is 9.24. The molecule has 3 fully saturated rings. The normalized spacial score (nSPS) is 23.4. The summed E-state index contributed by atoms with van der Waals surface area (Å²) in [4.78, 5) is 20.0. The minimum absolute atomic E-state index is 0.0307. The first-order valence-corrected chi connectivity index (χ1v) is 10.9. The number of likely N-dealkylation sites (tertiary alicyclic amines) is 1. The Bertz CT molecular complexity index is 977. The summed E-state index contributed by atoms with van der Waals surface area (Å²) < 4.78 is 5.74. The van der Waals surface area contributed by atoms with Crippen LogP contribution >= 0.6 is 11.6 Å². The van der Waals surface area contributed by atoms with Gasteiger partial charge in [0.2, 0.25) is 0 Å². The summed E-state index contributed by atoms with van der Waals surface area (Å²) in [7, 11) is 0. The summed E-state index contributed by atoms with van der Waals surface area (Å²) in [6, 6.07) is 12.2. The highest BCUT2D eigenvalue weighted by molar-refractivity contribution is 6.30. The van der Waals surface area contributed by atoms with Gasteiger partial charge in [0.25, 0.3) is 5.91 Å². The number of carbonyl (C=O) groups excluding carboxylic acids is 1. The van der Waals surface area contributed by atoms with Gasteiger partial charge < -0.3 is 19.8 Å². The highest BCUT2D eigenvalue weighted by Crippen LogP contribution is 2.37. The van der Waals surface area contributed by atoms with E-state index in [4.69, 9.17) is 16.3 Å². The predicted octanol–water partition coefficient (Wildman–Crippen LogP) is 2.16. The molecule has 0 unspecified atom stereocenters. The van der Waals surface area contributed by atoms with E-state index in [1.807, 2.05) is 11.0 Å². The van der Waals surface area contributed by atoms with Crippen LogP contribution in [-0.2, 0) is 11.3 Å². The number of amides is 1. The minimum Gasteiger partial charge on any atom is -0.504 e. The topological polar surface area (TPSA) is 76.5 Å². The van der Waals surface area contributed by atoms with Crippen molar-refractivity contribution >= 4 is 17.5 Å². The molecule has 1 atom stereocenters. The van der Waals surface area contributed by atoms with Crippen molar-refractivity contribution in [2.45, 2.75) is 18.1 Å². The van der Waals surface area contributed by atoms with E-state index >= 15 is 0 Å². The summed E-state index contributed by atoms with van der Waals surface area (Å²) in [5.74, 6) is -0.176. The van der Waals surface area contributed by atoms with Crippen LogP contribution in [0, 0.1) is 0 Å². The van der Waals surface area contributed by atoms with Crippen LogP contribution in [0.3, 0.4) is 0 Å². The van der Waals surface area contributed by atoms with Gasteiger partial charge in [0.15, 0.2) is 11.5 Å². The fraction of sp³-hybridized carbons (Fsp3) is 0.435. The molecule has 0 aliphatic carbocycles. The molecule has 0 bridgehead atoms. The van der Waals surface area contributed by atoms with Gasteiger partial charge in [-0.15, -0.1) is 0 Å². The molecule has 2 aromatic rings. The quantitative estimate of drug-likeness (QED) is 0.708. The summed E-state index contributed by atoms with van der Waals surface area (Å²) in [6.45, 7) is 5.95. The average molecular weight is 444 g/mol. The Hall–Kier alpha value is -2.32. The van der Waals surface area contributed by atoms with E-state index in [0.717, 1.165) is 31.8 Å². The predicted molar refractivity (Wildman–Crippen MR) is 116 cm³/mol. The molecule has 0 radical (unpaired) electrons. The van der Waals surface area contributed by atoms with Gasteiger partial charge in [-0.3, -0.25) is 14.6 Å². The minimum atomic E-state index is -0.108. The molecule has 1 spiro atoms. The molecular formula is C23H26ClN3O4. The largest absolute Gasteiger partial charge is 0.504 e. The van der Waals surface area contributed by atoms with Gasteiger partial charge in [-0.1, -0.05) is 17.7 Å². The summed E-state index contributed by atoms with van der Waals surface area (Å²) in [5.41, 5.74) is 1.52. The number of aromatic hydroxyl groups is 2. The Morgan fingerprint density at radius 2 is 1.87 bits per heavy atom. The Kier molecular flexibility index (Phi) is 5.30. The number of piperazine rings is 1. The van der Waals surface area contributed by atoms with Crippen molar-refractivity contribution in [1.82, 2.24) is 14.7 Å². The van der Waals surface area contributed by atoms with Gasteiger partial charge >= 0.3 is 0 Å². The number of hydrogen-bond acceptors (Lipinski definition) is 6. The van der Waals surface area contributed by atoms with Crippen molar-refractivity contribution in [2.75, 3.05) is 45.9 Å². The van der Waals surface area contributed by atoms with Gasteiger partial charge in [0.05, 0.1) is 24.8 Å². The van der Waals surface area contributed by atoms with Crippen molar-refractivity contribution in [2.24, 2.45) is 0 Å². The van der Waals surface area contributed by atoms with Gasteiger partial charge in [-0.2, -0.15) is 0 Å². The average Bonchev–Trinajstić information content (AvgIpc) is 2.75. The maximum absolute atomic E-state index is 13.2. The molecule has 2 N–H and O–H groups in total. The van der Waals surface area contributed by atoms with E-state index in [9.17, 15) is 15.0 Å². The summed E-state index contributed by atoms with van der Waals surface area (Å²) in [5, 5.41) is 19.9. The summed E-state index contributed by atoms with van der Waals surface area (Å²) in [6.07, 6.45) is 0. The zero-order valence-corrected chi connectivity index (χ0v) is 18.0. The van der Waals surface area contributed by atoms with E-state index in [-0.39, 0.29) is 29.0 Å². The van der Waals surface area contributed by atoms with E-state index in [2.05, 4.69) is 9.80 Å². The fourth-order valence-electron chi connectivity index (χ4n) is 5.23.